The van der Waals surface area contributed by atoms with Crippen LogP contribution < -0.4 is 0 Å². The summed E-state index contributed by atoms with van der Waals surface area (Å²) in [6, 6.07) is 0. The molecule has 0 aromatic rings. The Labute approximate surface area is 38.1 Å². The van der Waals surface area contributed by atoms with Crippen molar-refractivity contribution in [3.05, 3.63) is 0 Å². The Morgan fingerprint density at radius 3 is 1.50 bits per heavy atom. The SMILES string of the molecule is C1CO1.COC. The van der Waals surface area contributed by atoms with Gasteiger partial charge in [0.1, 0.15) is 0 Å². The van der Waals surface area contributed by atoms with E-state index < -0.39 is 0 Å². The van der Waals surface area contributed by atoms with Gasteiger partial charge in [-0.25, -0.2) is 0 Å². The molecular weight excluding hydrogens is 80.0 g/mol. The molecular formula is C4H10O2. The lowest BCUT2D eigenvalue weighted by Crippen LogP contribution is -1.55. The molecule has 0 aromatic carbocycles. The van der Waals surface area contributed by atoms with E-state index in [0.717, 1.165) is 13.2 Å². The summed E-state index contributed by atoms with van der Waals surface area (Å²) in [6.07, 6.45) is 0. The Bertz CT molecular complexity index is 16.8. The van der Waals surface area contributed by atoms with Gasteiger partial charge in [0.25, 0.3) is 0 Å². The summed E-state index contributed by atoms with van der Waals surface area (Å²) in [6.45, 7) is 2.00. The van der Waals surface area contributed by atoms with E-state index in [-0.39, 0.29) is 0 Å². The Balaban J connectivity index is 0.0000000833. The molecule has 0 unspecified atom stereocenters. The van der Waals surface area contributed by atoms with E-state index in [2.05, 4.69) is 9.47 Å². The largest absolute Gasteiger partial charge is 0.388 e. The van der Waals surface area contributed by atoms with E-state index >= 15 is 0 Å². The molecule has 1 saturated heterocycles. The second-order valence-electron chi connectivity index (χ2n) is 1.02. The fourth-order valence-electron chi connectivity index (χ4n) is 0. The van der Waals surface area contributed by atoms with Gasteiger partial charge in [0, 0.05) is 14.2 Å². The van der Waals surface area contributed by atoms with Gasteiger partial charge >= 0.3 is 0 Å². The summed E-state index contributed by atoms with van der Waals surface area (Å²) >= 11 is 0. The zero-order valence-corrected chi connectivity index (χ0v) is 4.23. The van der Waals surface area contributed by atoms with Crippen molar-refractivity contribution in [2.45, 2.75) is 0 Å². The summed E-state index contributed by atoms with van der Waals surface area (Å²) in [5, 5.41) is 0. The lowest BCUT2D eigenvalue weighted by atomic mass is 11.0. The topological polar surface area (TPSA) is 21.8 Å². The van der Waals surface area contributed by atoms with Crippen LogP contribution >= 0.6 is 0 Å². The Kier molecular flexibility index (Phi) is 4.85. The number of ether oxygens (including phenoxy) is 2. The van der Waals surface area contributed by atoms with Crippen LogP contribution in [-0.4, -0.2) is 27.4 Å². The van der Waals surface area contributed by atoms with Crippen molar-refractivity contribution in [3.63, 3.8) is 0 Å². The van der Waals surface area contributed by atoms with Gasteiger partial charge in [0.05, 0.1) is 13.2 Å². The molecule has 6 heavy (non-hydrogen) atoms. The Morgan fingerprint density at radius 2 is 1.50 bits per heavy atom. The minimum absolute atomic E-state index is 1.00. The van der Waals surface area contributed by atoms with Crippen LogP contribution in [0.2, 0.25) is 0 Å². The predicted molar refractivity (Wildman–Crippen MR) is 23.8 cm³/mol. The van der Waals surface area contributed by atoms with E-state index in [1.54, 1.807) is 14.2 Å². The van der Waals surface area contributed by atoms with Gasteiger partial charge in [-0.3, -0.25) is 0 Å². The van der Waals surface area contributed by atoms with Crippen LogP contribution in [-0.2, 0) is 9.47 Å². The van der Waals surface area contributed by atoms with Crippen molar-refractivity contribution < 1.29 is 9.47 Å². The highest BCUT2D eigenvalue weighted by molar-refractivity contribution is 4.36. The number of methoxy groups -OCH3 is 1. The maximum atomic E-state index is 4.50. The molecule has 1 aliphatic rings. The van der Waals surface area contributed by atoms with Crippen molar-refractivity contribution in [2.75, 3.05) is 27.4 Å². The van der Waals surface area contributed by atoms with Crippen LogP contribution in [0.5, 0.6) is 0 Å². The lowest BCUT2D eigenvalue weighted by Gasteiger charge is -1.61. The van der Waals surface area contributed by atoms with Gasteiger partial charge in [-0.2, -0.15) is 0 Å². The van der Waals surface area contributed by atoms with Gasteiger partial charge in [-0.05, 0) is 0 Å². The van der Waals surface area contributed by atoms with E-state index in [1.807, 2.05) is 0 Å². The molecule has 0 atom stereocenters. The molecule has 1 heterocycles. The molecule has 2 nitrogen and oxygen atoms in total. The molecule has 0 N–H and O–H groups in total. The van der Waals surface area contributed by atoms with Crippen molar-refractivity contribution in [3.8, 4) is 0 Å². The van der Waals surface area contributed by atoms with Gasteiger partial charge in [-0.15, -0.1) is 0 Å². The van der Waals surface area contributed by atoms with Crippen LogP contribution in [0, 0.1) is 0 Å². The third kappa shape index (κ3) is 39.5. The molecule has 0 aliphatic carbocycles. The normalized spacial score (nSPS) is 15.0. The predicted octanol–water partition coefficient (Wildman–Crippen LogP) is 0.279. The van der Waals surface area contributed by atoms with E-state index in [0.29, 0.717) is 0 Å². The fourth-order valence-corrected chi connectivity index (χ4v) is 0. The van der Waals surface area contributed by atoms with Crippen LogP contribution in [0.25, 0.3) is 0 Å². The van der Waals surface area contributed by atoms with E-state index in [1.165, 1.54) is 0 Å². The van der Waals surface area contributed by atoms with Crippen molar-refractivity contribution in [1.82, 2.24) is 0 Å². The van der Waals surface area contributed by atoms with E-state index in [9.17, 15) is 0 Å². The van der Waals surface area contributed by atoms with Crippen LogP contribution in [0.15, 0.2) is 0 Å². The second kappa shape index (κ2) is 4.92. The van der Waals surface area contributed by atoms with Crippen LogP contribution in [0.4, 0.5) is 0 Å². The highest BCUT2D eigenvalue weighted by Crippen LogP contribution is 1.84. The molecule has 0 spiro atoms. The smallest absolute Gasteiger partial charge is 0.0701 e. The Morgan fingerprint density at radius 1 is 1.33 bits per heavy atom. The molecule has 0 aromatic heterocycles. The van der Waals surface area contributed by atoms with Gasteiger partial charge < -0.3 is 9.47 Å². The number of hydrogen-bond acceptors (Lipinski definition) is 2. The molecule has 0 saturated carbocycles. The average molecular weight is 90.1 g/mol. The van der Waals surface area contributed by atoms with Crippen molar-refractivity contribution in [1.29, 1.82) is 0 Å². The standard InChI is InChI=1S/C2H4O.C2H6O/c1-2-3-1;1-3-2/h1-2H2;1-2H3. The summed E-state index contributed by atoms with van der Waals surface area (Å²) in [5.41, 5.74) is 0. The molecule has 0 radical (unpaired) electrons. The van der Waals surface area contributed by atoms with Gasteiger partial charge in [-0.1, -0.05) is 0 Å². The van der Waals surface area contributed by atoms with Crippen LogP contribution in [0.3, 0.4) is 0 Å². The number of hydrogen-bond donors (Lipinski definition) is 0. The maximum absolute atomic E-state index is 4.50. The number of rotatable bonds is 0. The molecule has 1 rings (SSSR count). The van der Waals surface area contributed by atoms with Crippen molar-refractivity contribution >= 4 is 0 Å². The fraction of sp³-hybridized carbons (Fsp3) is 1.00. The summed E-state index contributed by atoms with van der Waals surface area (Å²) < 4.78 is 8.75. The van der Waals surface area contributed by atoms with Crippen LogP contribution in [0.1, 0.15) is 0 Å². The summed E-state index contributed by atoms with van der Waals surface area (Å²) in [4.78, 5) is 0. The quantitative estimate of drug-likeness (QED) is 0.398. The van der Waals surface area contributed by atoms with Gasteiger partial charge in [0.2, 0.25) is 0 Å². The Hall–Kier alpha value is -0.0800. The maximum Gasteiger partial charge on any atom is 0.0701 e. The van der Waals surface area contributed by atoms with Crippen molar-refractivity contribution in [2.24, 2.45) is 0 Å². The third-order valence-electron chi connectivity index (χ3n) is 0.204. The molecule has 1 aliphatic heterocycles. The average Bonchev–Trinajstić information content (AvgIpc) is 2.11. The minimum atomic E-state index is 1.00. The first-order chi connectivity index (χ1) is 2.91. The summed E-state index contributed by atoms with van der Waals surface area (Å²) in [7, 11) is 3.25. The lowest BCUT2D eigenvalue weighted by molar-refractivity contribution is 0.277. The number of epoxide rings is 1. The third-order valence-corrected chi connectivity index (χ3v) is 0.204. The first kappa shape index (κ1) is 5.92. The van der Waals surface area contributed by atoms with Gasteiger partial charge in [0.15, 0.2) is 0 Å². The molecule has 38 valence electrons. The zero-order chi connectivity index (χ0) is 4.83. The first-order valence-electron chi connectivity index (χ1n) is 1.89. The zero-order valence-electron chi connectivity index (χ0n) is 4.23. The summed E-state index contributed by atoms with van der Waals surface area (Å²) in [5.74, 6) is 0. The monoisotopic (exact) mass is 90.1 g/mol. The molecule has 0 amide bonds. The highest BCUT2D eigenvalue weighted by Gasteiger charge is 1.94. The molecule has 2 heteroatoms. The second-order valence-corrected chi connectivity index (χ2v) is 1.02. The highest BCUT2D eigenvalue weighted by atomic mass is 16.6. The molecule has 1 fully saturated rings. The first-order valence-corrected chi connectivity index (χ1v) is 1.89. The minimum Gasteiger partial charge on any atom is -0.388 e. The molecule has 0 bridgehead atoms. The van der Waals surface area contributed by atoms with E-state index in [4.69, 9.17) is 0 Å².